The number of nitrogens with one attached hydrogen (secondary N) is 3. The van der Waals surface area contributed by atoms with Gasteiger partial charge >= 0.3 is 12.1 Å². The summed E-state index contributed by atoms with van der Waals surface area (Å²) >= 11 is 6.25. The van der Waals surface area contributed by atoms with Gasteiger partial charge in [-0.15, -0.1) is 0 Å². The standard InChI is InChI=1S/C29H45ClN4O7/c1-29(2,3)41-28(38)33-24(15-20-7-6-13-39-19-20)17-32-26(35)34-12-5-9-22(18-34)25(40-14-11-31-27(36)37)21-8-4-10-23(30)16-21/h4,8,10,16,20,22,24-25,31H,5-7,9,11-15,17-19H2,1-3H3,(H,32,35)(H,33,38)(H,36,37)/p-1/t20-,22-,24+,25+/m1/s1. The molecule has 3 N–H and O–H groups in total. The Morgan fingerprint density at radius 1 is 1.20 bits per heavy atom. The van der Waals surface area contributed by atoms with E-state index in [9.17, 15) is 19.5 Å². The molecule has 4 atom stereocenters. The summed E-state index contributed by atoms with van der Waals surface area (Å²) in [6.45, 7) is 8.37. The van der Waals surface area contributed by atoms with E-state index in [0.29, 0.717) is 37.1 Å². The van der Waals surface area contributed by atoms with Gasteiger partial charge in [0.1, 0.15) is 11.7 Å². The highest BCUT2D eigenvalue weighted by Gasteiger charge is 2.32. The molecule has 3 rings (SSSR count). The van der Waals surface area contributed by atoms with Crippen LogP contribution in [0.5, 0.6) is 0 Å². The molecule has 0 saturated carbocycles. The highest BCUT2D eigenvalue weighted by atomic mass is 35.5. The number of amides is 4. The summed E-state index contributed by atoms with van der Waals surface area (Å²) < 4.78 is 17.2. The molecule has 0 radical (unpaired) electrons. The molecule has 0 aliphatic carbocycles. The van der Waals surface area contributed by atoms with Crippen LogP contribution < -0.4 is 21.1 Å². The molecule has 0 bridgehead atoms. The first-order chi connectivity index (χ1) is 19.5. The van der Waals surface area contributed by atoms with Gasteiger partial charge in [0, 0.05) is 56.4 Å². The zero-order valence-electron chi connectivity index (χ0n) is 24.3. The van der Waals surface area contributed by atoms with Crippen LogP contribution >= 0.6 is 11.6 Å². The Bertz CT molecular complexity index is 1000. The lowest BCUT2D eigenvalue weighted by molar-refractivity contribution is -0.251. The van der Waals surface area contributed by atoms with E-state index in [1.54, 1.807) is 11.0 Å². The molecule has 2 aliphatic rings. The van der Waals surface area contributed by atoms with Crippen molar-refractivity contribution in [2.24, 2.45) is 11.8 Å². The van der Waals surface area contributed by atoms with Crippen molar-refractivity contribution in [2.75, 3.05) is 46.0 Å². The normalized spacial score (nSPS) is 20.9. The maximum absolute atomic E-state index is 13.3. The van der Waals surface area contributed by atoms with Gasteiger partial charge in [0.05, 0.1) is 12.7 Å². The first-order valence-electron chi connectivity index (χ1n) is 14.4. The molecule has 1 aromatic carbocycles. The molecule has 2 aliphatic heterocycles. The zero-order chi connectivity index (χ0) is 29.8. The van der Waals surface area contributed by atoms with E-state index in [4.69, 9.17) is 25.8 Å². The minimum absolute atomic E-state index is 0.0222. The fourth-order valence-corrected chi connectivity index (χ4v) is 5.55. The maximum Gasteiger partial charge on any atom is 0.407 e. The summed E-state index contributed by atoms with van der Waals surface area (Å²) in [7, 11) is 0. The van der Waals surface area contributed by atoms with Gasteiger partial charge in [-0.3, -0.25) is 0 Å². The second kappa shape index (κ2) is 16.0. The molecule has 0 aromatic heterocycles. The number of alkyl carbamates (subject to hydrolysis) is 1. The van der Waals surface area contributed by atoms with Crippen molar-refractivity contribution in [2.45, 2.75) is 70.6 Å². The van der Waals surface area contributed by atoms with Crippen LogP contribution in [0.2, 0.25) is 5.02 Å². The minimum Gasteiger partial charge on any atom is -0.530 e. The Balaban J connectivity index is 1.62. The van der Waals surface area contributed by atoms with Gasteiger partial charge in [0.15, 0.2) is 0 Å². The summed E-state index contributed by atoms with van der Waals surface area (Å²) in [5.41, 5.74) is 0.242. The SMILES string of the molecule is CC(C)(C)OC(=O)N[C@H](CNC(=O)N1CCC[C@@H]([C@@H](OCCNC(=O)[O-])c2cccc(Cl)c2)C1)C[C@H]1CCCOC1. The number of ether oxygens (including phenoxy) is 3. The monoisotopic (exact) mass is 595 g/mol. The fourth-order valence-electron chi connectivity index (χ4n) is 5.35. The fraction of sp³-hybridized carbons (Fsp3) is 0.690. The number of benzene rings is 1. The van der Waals surface area contributed by atoms with Gasteiger partial charge in [-0.2, -0.15) is 0 Å². The Morgan fingerprint density at radius 2 is 2.00 bits per heavy atom. The first-order valence-corrected chi connectivity index (χ1v) is 14.8. The van der Waals surface area contributed by atoms with Gasteiger partial charge in [-0.05, 0) is 76.5 Å². The topological polar surface area (TPSA) is 141 Å². The molecule has 2 fully saturated rings. The van der Waals surface area contributed by atoms with Crippen LogP contribution in [0, 0.1) is 11.8 Å². The molecule has 2 saturated heterocycles. The zero-order valence-corrected chi connectivity index (χ0v) is 25.0. The number of carbonyl (C=O) groups is 3. The molecule has 230 valence electrons. The van der Waals surface area contributed by atoms with Gasteiger partial charge in [-0.1, -0.05) is 23.7 Å². The van der Waals surface area contributed by atoms with Gasteiger partial charge in [0.2, 0.25) is 0 Å². The third-order valence-corrected chi connectivity index (χ3v) is 7.35. The summed E-state index contributed by atoms with van der Waals surface area (Å²) in [6, 6.07) is 6.86. The third kappa shape index (κ3) is 11.9. The number of nitrogens with zero attached hydrogens (tertiary/aromatic N) is 1. The largest absolute Gasteiger partial charge is 0.530 e. The van der Waals surface area contributed by atoms with Gasteiger partial charge in [0.25, 0.3) is 0 Å². The quantitative estimate of drug-likeness (QED) is 0.333. The predicted molar refractivity (Wildman–Crippen MR) is 153 cm³/mol. The highest BCUT2D eigenvalue weighted by Crippen LogP contribution is 2.34. The molecule has 41 heavy (non-hydrogen) atoms. The van der Waals surface area contributed by atoms with Gasteiger partial charge < -0.3 is 45.0 Å². The molecular formula is C29H44ClN4O7-. The number of piperidine rings is 1. The van der Waals surface area contributed by atoms with Crippen molar-refractivity contribution in [3.63, 3.8) is 0 Å². The summed E-state index contributed by atoms with van der Waals surface area (Å²) in [5, 5.41) is 19.5. The maximum atomic E-state index is 13.3. The number of urea groups is 1. The summed E-state index contributed by atoms with van der Waals surface area (Å²) in [6.07, 6.45) is 2.04. The van der Waals surface area contributed by atoms with Crippen LogP contribution in [-0.4, -0.2) is 80.8 Å². The number of rotatable bonds is 11. The molecule has 11 nitrogen and oxygen atoms in total. The molecule has 1 aromatic rings. The lowest BCUT2D eigenvalue weighted by Crippen LogP contribution is -2.51. The Kier molecular flexibility index (Phi) is 12.8. The number of hydrogen-bond donors (Lipinski definition) is 3. The van der Waals surface area contributed by atoms with Crippen molar-refractivity contribution >= 4 is 29.8 Å². The number of carboxylic acid groups (broad SMARTS) is 1. The smallest absolute Gasteiger partial charge is 0.407 e. The van der Waals surface area contributed by atoms with E-state index >= 15 is 0 Å². The van der Waals surface area contributed by atoms with Crippen LogP contribution in [0.4, 0.5) is 14.4 Å². The third-order valence-electron chi connectivity index (χ3n) is 7.11. The second-order valence-electron chi connectivity index (χ2n) is 11.8. The molecule has 0 spiro atoms. The summed E-state index contributed by atoms with van der Waals surface area (Å²) in [4.78, 5) is 38.3. The molecule has 0 unspecified atom stereocenters. The minimum atomic E-state index is -1.36. The van der Waals surface area contributed by atoms with Gasteiger partial charge in [-0.25, -0.2) is 9.59 Å². The molecule has 12 heteroatoms. The Hall–Kier alpha value is -2.76. The number of halogens is 1. The Morgan fingerprint density at radius 3 is 2.68 bits per heavy atom. The van der Waals surface area contributed by atoms with Crippen molar-refractivity contribution in [1.29, 1.82) is 0 Å². The van der Waals surface area contributed by atoms with Crippen LogP contribution in [0.15, 0.2) is 24.3 Å². The lowest BCUT2D eigenvalue weighted by Gasteiger charge is -2.37. The predicted octanol–water partition coefficient (Wildman–Crippen LogP) is 3.46. The molecule has 2 heterocycles. The first kappa shape index (κ1) is 32.8. The average molecular weight is 596 g/mol. The van der Waals surface area contributed by atoms with Crippen molar-refractivity contribution in [3.05, 3.63) is 34.9 Å². The van der Waals surface area contributed by atoms with Crippen LogP contribution in [0.25, 0.3) is 0 Å². The lowest BCUT2D eigenvalue weighted by atomic mass is 9.88. The number of hydrogen-bond acceptors (Lipinski definition) is 7. The average Bonchev–Trinajstić information content (AvgIpc) is 2.91. The Labute approximate surface area is 247 Å². The highest BCUT2D eigenvalue weighted by molar-refractivity contribution is 6.30. The van der Waals surface area contributed by atoms with E-state index in [1.807, 2.05) is 39.0 Å². The molecule has 4 amide bonds. The van der Waals surface area contributed by atoms with E-state index in [2.05, 4.69) is 16.0 Å². The van der Waals surface area contributed by atoms with E-state index < -0.39 is 17.8 Å². The van der Waals surface area contributed by atoms with Crippen molar-refractivity contribution in [3.8, 4) is 0 Å². The van der Waals surface area contributed by atoms with E-state index in [-0.39, 0.29) is 43.8 Å². The molecular weight excluding hydrogens is 552 g/mol. The van der Waals surface area contributed by atoms with Crippen LogP contribution in [0.1, 0.15) is 64.5 Å². The van der Waals surface area contributed by atoms with Crippen LogP contribution in [0.3, 0.4) is 0 Å². The van der Waals surface area contributed by atoms with E-state index in [1.165, 1.54) is 0 Å². The number of carbonyl (C=O) groups excluding carboxylic acids is 3. The van der Waals surface area contributed by atoms with Crippen LogP contribution in [-0.2, 0) is 14.2 Å². The van der Waals surface area contributed by atoms with Crippen molar-refractivity contribution in [1.82, 2.24) is 20.9 Å². The van der Waals surface area contributed by atoms with Crippen molar-refractivity contribution < 1.29 is 33.7 Å². The van der Waals surface area contributed by atoms with E-state index in [0.717, 1.165) is 37.9 Å². The summed E-state index contributed by atoms with van der Waals surface area (Å²) in [5.74, 6) is 0.271. The number of likely N-dealkylation sites (tertiary alicyclic amines) is 1. The second-order valence-corrected chi connectivity index (χ2v) is 12.2.